The summed E-state index contributed by atoms with van der Waals surface area (Å²) in [4.78, 5) is 1.03. The lowest BCUT2D eigenvalue weighted by molar-refractivity contribution is 0.599. The summed E-state index contributed by atoms with van der Waals surface area (Å²) in [6.07, 6.45) is 0. The topological polar surface area (TPSA) is 16.4 Å². The summed E-state index contributed by atoms with van der Waals surface area (Å²) in [5.74, 6) is 1.10. The fraction of sp³-hybridized carbons (Fsp3) is 0. The quantitative estimate of drug-likeness (QED) is 0.187. The highest BCUT2D eigenvalue weighted by molar-refractivity contribution is 6.18. The average Bonchev–Trinajstić information content (AvgIpc) is 3.86. The first kappa shape index (κ1) is 13.9. The van der Waals surface area contributed by atoms with Crippen LogP contribution in [0.4, 0.5) is 17.1 Å². The molecule has 0 unspecified atom stereocenters. The van der Waals surface area contributed by atoms with Crippen LogP contribution in [0.5, 0.6) is 0 Å². The van der Waals surface area contributed by atoms with E-state index in [1.165, 1.54) is 6.07 Å². The summed E-state index contributed by atoms with van der Waals surface area (Å²) in [7, 11) is 0. The smallest absolute Gasteiger partial charge is 0.143 e. The van der Waals surface area contributed by atoms with Crippen molar-refractivity contribution >= 4 is 27.8 Å². The number of hydrogen-bond acceptors (Lipinski definition) is 2. The highest BCUT2D eigenvalue weighted by atomic mass is 16.3. The molecule has 216 valence electrons. The van der Waals surface area contributed by atoms with Crippen molar-refractivity contribution in [1.29, 1.82) is 0 Å². The highest BCUT2D eigenvalue weighted by Crippen LogP contribution is 2.53. The van der Waals surface area contributed by atoms with Crippen molar-refractivity contribution in [2.75, 3.05) is 4.90 Å². The molecule has 2 nitrogen and oxygen atoms in total. The maximum atomic E-state index is 9.72. The summed E-state index contributed by atoms with van der Waals surface area (Å²) in [5.41, 5.74) is -0.947. The van der Waals surface area contributed by atoms with Gasteiger partial charge in [0.1, 0.15) is 11.5 Å². The molecule has 8 aromatic rings. The van der Waals surface area contributed by atoms with Gasteiger partial charge in [0.05, 0.1) is 30.4 Å². The predicted octanol–water partition coefficient (Wildman–Crippen LogP) is 12.6. The number of benzene rings is 7. The third kappa shape index (κ3) is 4.35. The fourth-order valence-electron chi connectivity index (χ4n) is 5.78. The Morgan fingerprint density at radius 1 is 0.478 bits per heavy atom. The molecule has 0 fully saturated rings. The van der Waals surface area contributed by atoms with Crippen LogP contribution < -0.4 is 4.90 Å². The Kier molecular flexibility index (Phi) is 3.26. The third-order valence-electron chi connectivity index (χ3n) is 7.75. The maximum absolute atomic E-state index is 9.72. The molecule has 0 saturated carbocycles. The van der Waals surface area contributed by atoms with Crippen molar-refractivity contribution in [3.05, 3.63) is 175 Å². The van der Waals surface area contributed by atoms with Crippen molar-refractivity contribution in [2.45, 2.75) is 0 Å². The van der Waals surface area contributed by atoms with Gasteiger partial charge in [0.25, 0.3) is 0 Å². The molecule has 0 aliphatic heterocycles. The summed E-state index contributed by atoms with van der Waals surface area (Å²) >= 11 is 0. The number of hydrogen-bond donors (Lipinski definition) is 0. The zero-order valence-electron chi connectivity index (χ0n) is 41.7. The number of rotatable bonds is 6. The minimum absolute atomic E-state index is 0.0197. The van der Waals surface area contributed by atoms with Crippen LogP contribution in [0.1, 0.15) is 24.7 Å². The van der Waals surface area contributed by atoms with E-state index in [2.05, 4.69) is 0 Å². The monoisotopic (exact) mass is 605 g/mol. The van der Waals surface area contributed by atoms with E-state index in [4.69, 9.17) is 23.6 Å². The van der Waals surface area contributed by atoms with Crippen LogP contribution in [0, 0.1) is 0 Å². The first-order chi connectivity index (χ1) is 30.3. The number of anilines is 3. The summed E-state index contributed by atoms with van der Waals surface area (Å²) < 4.78 is 165. The van der Waals surface area contributed by atoms with E-state index >= 15 is 0 Å². The Balaban J connectivity index is 1.43. The number of fused-ring (bicyclic) bond motifs is 3. The summed E-state index contributed by atoms with van der Waals surface area (Å²) in [6, 6.07) is 4.96. The molecule has 1 aliphatic carbocycles. The van der Waals surface area contributed by atoms with Crippen LogP contribution in [-0.2, 0) is 0 Å². The second kappa shape index (κ2) is 10.8. The Hall–Kier alpha value is -6.12. The molecule has 1 aliphatic rings. The minimum Gasteiger partial charge on any atom is -0.455 e. The molecule has 1 aromatic heterocycles. The van der Waals surface area contributed by atoms with E-state index in [0.29, 0.717) is 33.4 Å². The number of furan rings is 1. The second-order valence-electron chi connectivity index (χ2n) is 10.4. The standard InChI is InChI=1S/C44H29NO/c1-4-13-30(14-5-1)33-19-10-21-35(27-33)45(36-22-11-20-34(28-36)31-15-6-2-7-16-31)41-26-25-37-40-29-42(32-17-8-3-9-18-32)46-44(40)39-24-12-23-38(41)43(37)39/h1-29H/i1D,2D,4D,5D,6D,7D,10D,11D,13D,14D,15D,16D,19D,20D,21D,22D,27D,28D. The van der Waals surface area contributed by atoms with Gasteiger partial charge in [-0.05, 0) is 64.1 Å². The van der Waals surface area contributed by atoms with Gasteiger partial charge >= 0.3 is 0 Å². The molecular weight excluding hydrogens is 558 g/mol. The fourth-order valence-corrected chi connectivity index (χ4v) is 5.78. The Bertz CT molecular complexity index is 3160. The van der Waals surface area contributed by atoms with Crippen LogP contribution in [0.3, 0.4) is 0 Å². The Morgan fingerprint density at radius 2 is 1.11 bits per heavy atom. The minimum atomic E-state index is -0.872. The molecule has 0 bridgehead atoms. The van der Waals surface area contributed by atoms with Crippen molar-refractivity contribution in [3.63, 3.8) is 0 Å². The van der Waals surface area contributed by atoms with E-state index in [1.807, 2.05) is 42.5 Å². The zero-order valence-corrected chi connectivity index (χ0v) is 23.7. The van der Waals surface area contributed by atoms with Crippen molar-refractivity contribution < 1.29 is 29.1 Å². The summed E-state index contributed by atoms with van der Waals surface area (Å²) in [5, 5.41) is 0.939. The van der Waals surface area contributed by atoms with E-state index in [0.717, 1.165) is 16.0 Å². The lowest BCUT2D eigenvalue weighted by Gasteiger charge is -2.28. The molecule has 1 heterocycles. The zero-order chi connectivity index (χ0) is 46.1. The maximum Gasteiger partial charge on any atom is 0.143 e. The van der Waals surface area contributed by atoms with Gasteiger partial charge in [-0.25, -0.2) is 0 Å². The van der Waals surface area contributed by atoms with Crippen molar-refractivity contribution in [1.82, 2.24) is 0 Å². The van der Waals surface area contributed by atoms with Gasteiger partial charge in [0, 0.05) is 38.8 Å². The molecule has 46 heavy (non-hydrogen) atoms. The molecule has 2 heteroatoms. The van der Waals surface area contributed by atoms with Gasteiger partial charge in [0.15, 0.2) is 0 Å². The predicted molar refractivity (Wildman–Crippen MR) is 192 cm³/mol. The molecule has 0 atom stereocenters. The van der Waals surface area contributed by atoms with E-state index in [-0.39, 0.29) is 5.69 Å². The van der Waals surface area contributed by atoms with E-state index in [1.54, 1.807) is 18.2 Å². The molecule has 7 aromatic carbocycles. The van der Waals surface area contributed by atoms with Crippen LogP contribution in [0.15, 0.2) is 180 Å². The molecular formula is C44H29NO. The van der Waals surface area contributed by atoms with Crippen molar-refractivity contribution in [2.24, 2.45) is 0 Å². The van der Waals surface area contributed by atoms with Crippen LogP contribution in [-0.4, -0.2) is 0 Å². The largest absolute Gasteiger partial charge is 0.455 e. The Labute approximate surface area is 293 Å². The van der Waals surface area contributed by atoms with Crippen molar-refractivity contribution in [3.8, 4) is 56.0 Å². The molecule has 0 N–H and O–H groups in total. The molecule has 0 spiro atoms. The van der Waals surface area contributed by atoms with Gasteiger partial charge in [-0.15, -0.1) is 0 Å². The van der Waals surface area contributed by atoms with Gasteiger partial charge in [-0.2, -0.15) is 0 Å². The lowest BCUT2D eigenvalue weighted by atomic mass is 9.98. The van der Waals surface area contributed by atoms with E-state index < -0.39 is 142 Å². The molecule has 0 radical (unpaired) electrons. The Morgan fingerprint density at radius 3 is 1.76 bits per heavy atom. The SMILES string of the molecule is [2H]c1c([2H])c([2H])c(-c2c([2H])c([2H])c([2H])c(N(c3c([2H])c([2H])c([2H])c(-c4c([2H])c([2H])c([2H])c([2H])c4[2H])c3[2H])c3ccc4c5c(cccc35)-c3oc(-c5ccccc5)cc3-4)c2[2H])c([2H])c1[2H]. The molecule has 9 rings (SSSR count). The van der Waals surface area contributed by atoms with Crippen LogP contribution in [0.25, 0.3) is 66.8 Å². The normalized spacial score (nSPS) is 17.0. The highest BCUT2D eigenvalue weighted by Gasteiger charge is 2.28. The first-order valence-corrected chi connectivity index (χ1v) is 14.2. The average molecular weight is 606 g/mol. The van der Waals surface area contributed by atoms with Crippen LogP contribution in [0.2, 0.25) is 0 Å². The van der Waals surface area contributed by atoms with Gasteiger partial charge in [-0.1, -0.05) is 139 Å². The first-order valence-electron chi connectivity index (χ1n) is 23.2. The molecule has 0 amide bonds. The van der Waals surface area contributed by atoms with E-state index in [9.17, 15) is 5.48 Å². The third-order valence-corrected chi connectivity index (χ3v) is 7.75. The lowest BCUT2D eigenvalue weighted by Crippen LogP contribution is -2.11. The summed E-state index contributed by atoms with van der Waals surface area (Å²) in [6.45, 7) is 0. The van der Waals surface area contributed by atoms with Gasteiger partial charge in [0.2, 0.25) is 0 Å². The second-order valence-corrected chi connectivity index (χ2v) is 10.4. The number of nitrogens with zero attached hydrogens (tertiary/aromatic N) is 1. The molecule has 0 saturated heterocycles. The van der Waals surface area contributed by atoms with Crippen LogP contribution >= 0.6 is 0 Å². The van der Waals surface area contributed by atoms with Gasteiger partial charge in [-0.3, -0.25) is 0 Å². The van der Waals surface area contributed by atoms with Gasteiger partial charge < -0.3 is 9.32 Å².